The molecule has 0 aliphatic heterocycles. The number of hydrogen-bond donors (Lipinski definition) is 2. The third-order valence-corrected chi connectivity index (χ3v) is 6.63. The van der Waals surface area contributed by atoms with E-state index >= 15 is 0 Å². The van der Waals surface area contributed by atoms with E-state index < -0.39 is 11.9 Å². The molecule has 28 heavy (non-hydrogen) atoms. The highest BCUT2D eigenvalue weighted by Gasteiger charge is 2.23. The molecule has 2 N–H and O–H groups in total. The lowest BCUT2D eigenvalue weighted by atomic mass is 9.86. The number of carbonyl (C=O) groups excluding carboxylic acids is 3. The molecule has 1 aromatic heterocycles. The van der Waals surface area contributed by atoms with E-state index in [1.165, 1.54) is 17.8 Å². The van der Waals surface area contributed by atoms with Crippen molar-refractivity contribution in [3.8, 4) is 0 Å². The lowest BCUT2D eigenvalue weighted by molar-refractivity contribution is -0.147. The van der Waals surface area contributed by atoms with Crippen molar-refractivity contribution in [2.75, 3.05) is 13.2 Å². The van der Waals surface area contributed by atoms with E-state index in [1.54, 1.807) is 0 Å². The van der Waals surface area contributed by atoms with Gasteiger partial charge in [0, 0.05) is 16.1 Å². The van der Waals surface area contributed by atoms with Crippen molar-refractivity contribution >= 4 is 50.8 Å². The average Bonchev–Trinajstić information content (AvgIpc) is 3.03. The maximum atomic E-state index is 12.3. The molecule has 0 bridgehead atoms. The van der Waals surface area contributed by atoms with E-state index in [2.05, 4.69) is 17.6 Å². The zero-order valence-corrected chi connectivity index (χ0v) is 17.2. The van der Waals surface area contributed by atoms with Gasteiger partial charge in [-0.2, -0.15) is 0 Å². The summed E-state index contributed by atoms with van der Waals surface area (Å²) in [7, 11) is 0. The third-order valence-electron chi connectivity index (χ3n) is 4.96. The molecule has 0 spiro atoms. The molecule has 6 nitrogen and oxygen atoms in total. The fraction of sp³-hybridized carbons (Fsp3) is 0.450. The maximum Gasteiger partial charge on any atom is 0.325 e. The summed E-state index contributed by atoms with van der Waals surface area (Å²) in [5.74, 6) is -0.995. The van der Waals surface area contributed by atoms with Gasteiger partial charge in [-0.05, 0) is 24.8 Å². The van der Waals surface area contributed by atoms with Crippen LogP contribution in [-0.4, -0.2) is 37.0 Å². The van der Waals surface area contributed by atoms with Crippen molar-refractivity contribution in [2.24, 2.45) is 5.92 Å². The van der Waals surface area contributed by atoms with Crippen LogP contribution in [0.15, 0.2) is 24.3 Å². The first kappa shape index (κ1) is 20.6. The van der Waals surface area contributed by atoms with Gasteiger partial charge in [0.05, 0.1) is 5.02 Å². The van der Waals surface area contributed by atoms with Gasteiger partial charge >= 0.3 is 5.97 Å². The molecule has 8 heteroatoms. The molecule has 1 saturated carbocycles. The Morgan fingerprint density at radius 3 is 2.71 bits per heavy atom. The highest BCUT2D eigenvalue weighted by Crippen LogP contribution is 2.34. The number of nitrogens with one attached hydrogen (secondary N) is 2. The molecule has 1 aliphatic rings. The smallest absolute Gasteiger partial charge is 0.325 e. The summed E-state index contributed by atoms with van der Waals surface area (Å²) in [6.45, 7) is 1.45. The van der Waals surface area contributed by atoms with Gasteiger partial charge in [0.15, 0.2) is 6.61 Å². The van der Waals surface area contributed by atoms with Crippen LogP contribution in [0, 0.1) is 5.92 Å². The van der Waals surface area contributed by atoms with Gasteiger partial charge in [-0.3, -0.25) is 14.4 Å². The molecule has 0 saturated heterocycles. The maximum absolute atomic E-state index is 12.3. The Morgan fingerprint density at radius 2 is 1.96 bits per heavy atom. The summed E-state index contributed by atoms with van der Waals surface area (Å²) in [5.41, 5.74) is 0. The van der Waals surface area contributed by atoms with Crippen LogP contribution in [-0.2, 0) is 14.3 Å². The molecule has 0 unspecified atom stereocenters. The third kappa shape index (κ3) is 5.02. The number of ether oxygens (including phenoxy) is 1. The molecule has 150 valence electrons. The van der Waals surface area contributed by atoms with Crippen LogP contribution in [0.4, 0.5) is 0 Å². The quantitative estimate of drug-likeness (QED) is 0.697. The molecule has 1 aliphatic carbocycles. The summed E-state index contributed by atoms with van der Waals surface area (Å²) >= 11 is 7.52. The second-order valence-electron chi connectivity index (χ2n) is 7.02. The molecule has 1 fully saturated rings. The predicted octanol–water partition coefficient (Wildman–Crippen LogP) is 3.52. The number of thiophene rings is 1. The van der Waals surface area contributed by atoms with Crippen LogP contribution in [0.5, 0.6) is 0 Å². The van der Waals surface area contributed by atoms with Crippen LogP contribution in [0.25, 0.3) is 10.1 Å². The number of fused-ring (bicyclic) bond motifs is 1. The van der Waals surface area contributed by atoms with Crippen molar-refractivity contribution in [3.63, 3.8) is 0 Å². The standard InChI is InChI=1S/C20H23ClN2O4S/c1-12-6-2-4-8-14(12)23-16(24)11-27-17(25)10-22-20(26)19-18(21)13-7-3-5-9-15(13)28-19/h3,5,7,9,12,14H,2,4,6,8,10-11H2,1H3,(H,22,26)(H,23,24)/t12-,14-/m1/s1. The molecule has 1 heterocycles. The normalized spacial score (nSPS) is 19.2. The van der Waals surface area contributed by atoms with Crippen molar-refractivity contribution in [2.45, 2.75) is 38.6 Å². The molecule has 2 amide bonds. The largest absolute Gasteiger partial charge is 0.454 e. The second-order valence-corrected chi connectivity index (χ2v) is 8.45. The van der Waals surface area contributed by atoms with Gasteiger partial charge in [-0.1, -0.05) is 49.6 Å². The number of halogens is 1. The molecule has 3 rings (SSSR count). The SMILES string of the molecule is C[C@@H]1CCCC[C@H]1NC(=O)COC(=O)CNC(=O)c1sc2ccccc2c1Cl. The number of benzene rings is 1. The fourth-order valence-corrected chi connectivity index (χ4v) is 4.80. The highest BCUT2D eigenvalue weighted by molar-refractivity contribution is 7.21. The van der Waals surface area contributed by atoms with E-state index in [9.17, 15) is 14.4 Å². The lowest BCUT2D eigenvalue weighted by Crippen LogP contribution is -2.43. The Morgan fingerprint density at radius 1 is 1.21 bits per heavy atom. The Hall–Kier alpha value is -2.12. The number of rotatable bonds is 6. The van der Waals surface area contributed by atoms with Crippen LogP contribution >= 0.6 is 22.9 Å². The summed E-state index contributed by atoms with van der Waals surface area (Å²) < 4.78 is 5.86. The van der Waals surface area contributed by atoms with Crippen LogP contribution in [0.2, 0.25) is 5.02 Å². The summed E-state index contributed by atoms with van der Waals surface area (Å²) in [6.07, 6.45) is 4.33. The van der Waals surface area contributed by atoms with E-state index in [-0.39, 0.29) is 25.1 Å². The van der Waals surface area contributed by atoms with Gasteiger partial charge < -0.3 is 15.4 Å². The number of hydrogen-bond acceptors (Lipinski definition) is 5. The van der Waals surface area contributed by atoms with Crippen molar-refractivity contribution in [1.82, 2.24) is 10.6 Å². The van der Waals surface area contributed by atoms with Crippen molar-refractivity contribution in [1.29, 1.82) is 0 Å². The van der Waals surface area contributed by atoms with Crippen LogP contribution < -0.4 is 10.6 Å². The Labute approximate surface area is 172 Å². The van der Waals surface area contributed by atoms with Gasteiger partial charge in [-0.15, -0.1) is 11.3 Å². The van der Waals surface area contributed by atoms with Crippen molar-refractivity contribution in [3.05, 3.63) is 34.2 Å². The molecule has 2 atom stereocenters. The predicted molar refractivity (Wildman–Crippen MR) is 110 cm³/mol. The van der Waals surface area contributed by atoms with Gasteiger partial charge in [0.1, 0.15) is 11.4 Å². The number of amides is 2. The van der Waals surface area contributed by atoms with E-state index in [0.717, 1.165) is 29.3 Å². The van der Waals surface area contributed by atoms with E-state index in [1.807, 2.05) is 24.3 Å². The van der Waals surface area contributed by atoms with E-state index in [0.29, 0.717) is 15.8 Å². The van der Waals surface area contributed by atoms with Crippen molar-refractivity contribution < 1.29 is 19.1 Å². The lowest BCUT2D eigenvalue weighted by Gasteiger charge is -2.29. The molecule has 0 radical (unpaired) electrons. The Balaban J connectivity index is 1.44. The number of esters is 1. The summed E-state index contributed by atoms with van der Waals surface area (Å²) in [4.78, 5) is 36.5. The molecular weight excluding hydrogens is 400 g/mol. The number of carbonyl (C=O) groups is 3. The van der Waals surface area contributed by atoms with Crippen LogP contribution in [0.1, 0.15) is 42.3 Å². The summed E-state index contributed by atoms with van der Waals surface area (Å²) in [5, 5.41) is 6.58. The zero-order valence-electron chi connectivity index (χ0n) is 15.6. The molecule has 2 aromatic rings. The first-order valence-corrected chi connectivity index (χ1v) is 10.6. The van der Waals surface area contributed by atoms with Crippen LogP contribution in [0.3, 0.4) is 0 Å². The Bertz CT molecular complexity index is 882. The van der Waals surface area contributed by atoms with E-state index in [4.69, 9.17) is 16.3 Å². The summed E-state index contributed by atoms with van der Waals surface area (Å²) in [6, 6.07) is 7.56. The van der Waals surface area contributed by atoms with Gasteiger partial charge in [-0.25, -0.2) is 0 Å². The minimum atomic E-state index is -0.669. The average molecular weight is 423 g/mol. The molecular formula is C20H23ClN2O4S. The minimum absolute atomic E-state index is 0.134. The first-order chi connectivity index (χ1) is 13.5. The Kier molecular flexibility index (Phi) is 6.91. The second kappa shape index (κ2) is 9.39. The molecule has 1 aromatic carbocycles. The topological polar surface area (TPSA) is 84.5 Å². The highest BCUT2D eigenvalue weighted by atomic mass is 35.5. The minimum Gasteiger partial charge on any atom is -0.454 e. The fourth-order valence-electron chi connectivity index (χ4n) is 3.37. The first-order valence-electron chi connectivity index (χ1n) is 9.36. The van der Waals surface area contributed by atoms with Gasteiger partial charge in [0.2, 0.25) is 0 Å². The monoisotopic (exact) mass is 422 g/mol. The van der Waals surface area contributed by atoms with Gasteiger partial charge in [0.25, 0.3) is 11.8 Å². The zero-order chi connectivity index (χ0) is 20.1.